The van der Waals surface area contributed by atoms with Gasteiger partial charge < -0.3 is 5.73 Å². The zero-order chi connectivity index (χ0) is 12.5. The van der Waals surface area contributed by atoms with Crippen LogP contribution in [0.3, 0.4) is 0 Å². The molecule has 94 valence electrons. The summed E-state index contributed by atoms with van der Waals surface area (Å²) < 4.78 is 1.97. The van der Waals surface area contributed by atoms with Crippen LogP contribution in [-0.2, 0) is 0 Å². The predicted molar refractivity (Wildman–Crippen MR) is 69.7 cm³/mol. The number of benzene rings is 1. The third-order valence-electron chi connectivity index (χ3n) is 3.67. The monoisotopic (exact) mass is 243 g/mol. The minimum Gasteiger partial charge on any atom is -0.399 e. The maximum Gasteiger partial charge on any atom is 0.182 e. The second-order valence-electron chi connectivity index (χ2n) is 5.14. The minimum atomic E-state index is 0.433. The van der Waals surface area contributed by atoms with Crippen LogP contribution in [-0.4, -0.2) is 20.2 Å². The van der Waals surface area contributed by atoms with E-state index in [1.165, 1.54) is 6.42 Å². The number of aromatic nitrogens is 4. The Kier molecular flexibility index (Phi) is 2.74. The third-order valence-corrected chi connectivity index (χ3v) is 3.67. The lowest BCUT2D eigenvalue weighted by Gasteiger charge is -2.11. The van der Waals surface area contributed by atoms with Crippen LogP contribution in [0.4, 0.5) is 5.69 Å². The largest absolute Gasteiger partial charge is 0.399 e. The molecule has 0 spiro atoms. The average molecular weight is 243 g/mol. The standard InChI is InChI=1S/C13H17N5/c1-9-2-7-12(8-9)18-13(15-16-17-18)10-3-5-11(14)6-4-10/h3-6,9,12H,2,7-8,14H2,1H3. The molecule has 2 aromatic rings. The van der Waals surface area contributed by atoms with Crippen LogP contribution >= 0.6 is 0 Å². The number of rotatable bonds is 2. The summed E-state index contributed by atoms with van der Waals surface area (Å²) in [6.07, 6.45) is 3.58. The van der Waals surface area contributed by atoms with Gasteiger partial charge in [0.05, 0.1) is 6.04 Å². The van der Waals surface area contributed by atoms with Crippen LogP contribution in [0.1, 0.15) is 32.2 Å². The Balaban J connectivity index is 1.94. The molecule has 1 aromatic carbocycles. The Hall–Kier alpha value is -1.91. The molecule has 0 aliphatic heterocycles. The summed E-state index contributed by atoms with van der Waals surface area (Å²) in [7, 11) is 0. The van der Waals surface area contributed by atoms with E-state index < -0.39 is 0 Å². The fraction of sp³-hybridized carbons (Fsp3) is 0.462. The summed E-state index contributed by atoms with van der Waals surface area (Å²) in [5.74, 6) is 1.60. The molecule has 1 aliphatic carbocycles. The van der Waals surface area contributed by atoms with Crippen molar-refractivity contribution in [2.24, 2.45) is 5.92 Å². The van der Waals surface area contributed by atoms with Gasteiger partial charge in [0, 0.05) is 11.3 Å². The van der Waals surface area contributed by atoms with Crippen molar-refractivity contribution < 1.29 is 0 Å². The zero-order valence-corrected chi connectivity index (χ0v) is 10.5. The highest BCUT2D eigenvalue weighted by atomic mass is 15.5. The van der Waals surface area contributed by atoms with Gasteiger partial charge in [0.15, 0.2) is 5.82 Å². The molecule has 1 aliphatic rings. The van der Waals surface area contributed by atoms with Gasteiger partial charge in [-0.1, -0.05) is 6.92 Å². The summed E-state index contributed by atoms with van der Waals surface area (Å²) >= 11 is 0. The van der Waals surface area contributed by atoms with Crippen molar-refractivity contribution in [3.63, 3.8) is 0 Å². The van der Waals surface area contributed by atoms with Gasteiger partial charge in [0.25, 0.3) is 0 Å². The van der Waals surface area contributed by atoms with Gasteiger partial charge in [-0.2, -0.15) is 0 Å². The van der Waals surface area contributed by atoms with Gasteiger partial charge in [-0.3, -0.25) is 0 Å². The van der Waals surface area contributed by atoms with Crippen molar-refractivity contribution in [2.75, 3.05) is 5.73 Å². The highest BCUT2D eigenvalue weighted by molar-refractivity contribution is 5.58. The number of tetrazole rings is 1. The first kappa shape index (κ1) is 11.2. The molecule has 0 radical (unpaired) electrons. The summed E-state index contributed by atoms with van der Waals surface area (Å²) in [6.45, 7) is 2.28. The van der Waals surface area contributed by atoms with Crippen molar-refractivity contribution in [2.45, 2.75) is 32.2 Å². The van der Waals surface area contributed by atoms with Gasteiger partial charge in [0.1, 0.15) is 0 Å². The lowest BCUT2D eigenvalue weighted by molar-refractivity contribution is 0.443. The van der Waals surface area contributed by atoms with E-state index in [9.17, 15) is 0 Å². The Bertz CT molecular complexity index is 531. The first-order valence-electron chi connectivity index (χ1n) is 6.38. The molecule has 2 atom stereocenters. The molecule has 0 bridgehead atoms. The molecular weight excluding hydrogens is 226 g/mol. The fourth-order valence-corrected chi connectivity index (χ4v) is 2.66. The van der Waals surface area contributed by atoms with Crippen molar-refractivity contribution in [1.29, 1.82) is 0 Å². The average Bonchev–Trinajstić information content (AvgIpc) is 2.98. The summed E-state index contributed by atoms with van der Waals surface area (Å²) in [6, 6.07) is 8.13. The quantitative estimate of drug-likeness (QED) is 0.821. The normalized spacial score (nSPS) is 23.4. The number of hydrogen-bond acceptors (Lipinski definition) is 4. The first-order chi connectivity index (χ1) is 8.74. The molecule has 0 amide bonds. The van der Waals surface area contributed by atoms with Crippen LogP contribution in [0, 0.1) is 5.92 Å². The molecule has 0 saturated heterocycles. The molecule has 2 unspecified atom stereocenters. The first-order valence-corrected chi connectivity index (χ1v) is 6.38. The Labute approximate surface area is 106 Å². The number of nitrogens with two attached hydrogens (primary N) is 1. The molecule has 18 heavy (non-hydrogen) atoms. The van der Waals surface area contributed by atoms with Gasteiger partial charge in [-0.15, -0.1) is 5.10 Å². The number of nitrogens with zero attached hydrogens (tertiary/aromatic N) is 4. The number of hydrogen-bond donors (Lipinski definition) is 1. The van der Waals surface area contributed by atoms with Crippen molar-refractivity contribution >= 4 is 5.69 Å². The molecule has 1 aromatic heterocycles. The maximum absolute atomic E-state index is 5.70. The molecule has 5 heteroatoms. The van der Waals surface area contributed by atoms with Crippen molar-refractivity contribution in [3.8, 4) is 11.4 Å². The molecular formula is C13H17N5. The number of anilines is 1. The molecule has 1 saturated carbocycles. The molecule has 1 heterocycles. The predicted octanol–water partition coefficient (Wildman–Crippen LogP) is 2.28. The molecule has 5 nitrogen and oxygen atoms in total. The van der Waals surface area contributed by atoms with Crippen LogP contribution in [0.2, 0.25) is 0 Å². The van der Waals surface area contributed by atoms with E-state index in [2.05, 4.69) is 22.4 Å². The van der Waals surface area contributed by atoms with E-state index >= 15 is 0 Å². The topological polar surface area (TPSA) is 69.6 Å². The van der Waals surface area contributed by atoms with Gasteiger partial charge in [-0.05, 0) is 59.9 Å². The molecule has 2 N–H and O–H groups in total. The van der Waals surface area contributed by atoms with Gasteiger partial charge in [-0.25, -0.2) is 4.68 Å². The van der Waals surface area contributed by atoms with Crippen LogP contribution in [0.5, 0.6) is 0 Å². The molecule has 3 rings (SSSR count). The van der Waals surface area contributed by atoms with E-state index in [0.717, 1.165) is 35.8 Å². The van der Waals surface area contributed by atoms with Crippen LogP contribution in [0.15, 0.2) is 24.3 Å². The zero-order valence-electron chi connectivity index (χ0n) is 10.5. The summed E-state index contributed by atoms with van der Waals surface area (Å²) in [4.78, 5) is 0. The molecule has 1 fully saturated rings. The van der Waals surface area contributed by atoms with Crippen LogP contribution in [0.25, 0.3) is 11.4 Å². The second-order valence-corrected chi connectivity index (χ2v) is 5.14. The minimum absolute atomic E-state index is 0.433. The smallest absolute Gasteiger partial charge is 0.182 e. The number of nitrogen functional groups attached to an aromatic ring is 1. The lowest BCUT2D eigenvalue weighted by Crippen LogP contribution is -2.09. The second kappa shape index (κ2) is 4.40. The van der Waals surface area contributed by atoms with E-state index in [-0.39, 0.29) is 0 Å². The van der Waals surface area contributed by atoms with Crippen molar-refractivity contribution in [1.82, 2.24) is 20.2 Å². The van der Waals surface area contributed by atoms with Crippen molar-refractivity contribution in [3.05, 3.63) is 24.3 Å². The van der Waals surface area contributed by atoms with E-state index in [4.69, 9.17) is 5.73 Å². The highest BCUT2D eigenvalue weighted by Crippen LogP contribution is 2.35. The lowest BCUT2D eigenvalue weighted by atomic mass is 10.1. The van der Waals surface area contributed by atoms with Crippen LogP contribution < -0.4 is 5.73 Å². The van der Waals surface area contributed by atoms with Gasteiger partial charge in [0.2, 0.25) is 0 Å². The Morgan fingerprint density at radius 1 is 1.22 bits per heavy atom. The third kappa shape index (κ3) is 1.96. The van der Waals surface area contributed by atoms with E-state index in [0.29, 0.717) is 6.04 Å². The SMILES string of the molecule is CC1CCC(n2nnnc2-c2ccc(N)cc2)C1. The van der Waals surface area contributed by atoms with E-state index in [1.807, 2.05) is 28.9 Å². The summed E-state index contributed by atoms with van der Waals surface area (Å²) in [5, 5.41) is 12.1. The Morgan fingerprint density at radius 3 is 2.67 bits per heavy atom. The highest BCUT2D eigenvalue weighted by Gasteiger charge is 2.26. The fourth-order valence-electron chi connectivity index (χ4n) is 2.66. The maximum atomic E-state index is 5.70. The van der Waals surface area contributed by atoms with E-state index in [1.54, 1.807) is 0 Å². The van der Waals surface area contributed by atoms with Gasteiger partial charge >= 0.3 is 0 Å². The summed E-state index contributed by atoms with van der Waals surface area (Å²) in [5.41, 5.74) is 7.48. The Morgan fingerprint density at radius 2 is 2.00 bits per heavy atom.